The maximum Gasteiger partial charge on any atom is 0.231 e. The lowest BCUT2D eigenvalue weighted by Crippen LogP contribution is -2.30. The summed E-state index contributed by atoms with van der Waals surface area (Å²) in [5.41, 5.74) is 11.2. The van der Waals surface area contributed by atoms with Crippen molar-refractivity contribution in [2.75, 3.05) is 19.3 Å². The van der Waals surface area contributed by atoms with E-state index in [0.29, 0.717) is 6.54 Å². The number of halogens is 1. The quantitative estimate of drug-likeness (QED) is 0.705. The average molecular weight is 211 g/mol. The van der Waals surface area contributed by atoms with Crippen molar-refractivity contribution in [2.24, 2.45) is 5.73 Å². The number of nitrogen functional groups attached to an aromatic ring is 1. The zero-order valence-electron chi connectivity index (χ0n) is 8.53. The van der Waals surface area contributed by atoms with E-state index in [1.165, 1.54) is 12.1 Å². The van der Waals surface area contributed by atoms with Gasteiger partial charge in [0.2, 0.25) is 5.91 Å². The third-order valence-electron chi connectivity index (χ3n) is 1.94. The molecule has 0 fully saturated rings. The summed E-state index contributed by atoms with van der Waals surface area (Å²) in [4.78, 5) is 12.3. The minimum absolute atomic E-state index is 0.122. The van der Waals surface area contributed by atoms with Gasteiger partial charge in [0.1, 0.15) is 5.82 Å². The number of hydrogen-bond donors (Lipinski definition) is 2. The second-order valence-electron chi connectivity index (χ2n) is 3.49. The Morgan fingerprint density at radius 3 is 2.73 bits per heavy atom. The number of carbonyl (C=O) groups excluding carboxylic acids is 1. The molecule has 1 aromatic rings. The molecule has 0 unspecified atom stereocenters. The highest BCUT2D eigenvalue weighted by atomic mass is 19.1. The van der Waals surface area contributed by atoms with Gasteiger partial charge in [-0.3, -0.25) is 9.69 Å². The molecule has 0 atom stereocenters. The van der Waals surface area contributed by atoms with Crippen LogP contribution in [-0.2, 0) is 11.3 Å². The molecule has 1 aromatic carbocycles. The van der Waals surface area contributed by atoms with Crippen LogP contribution in [0.4, 0.5) is 10.1 Å². The molecule has 0 saturated heterocycles. The number of amides is 1. The molecule has 15 heavy (non-hydrogen) atoms. The molecule has 4 N–H and O–H groups in total. The van der Waals surface area contributed by atoms with Crippen LogP contribution in [0.2, 0.25) is 0 Å². The second kappa shape index (κ2) is 4.75. The fourth-order valence-corrected chi connectivity index (χ4v) is 1.30. The molecular formula is C10H14FN3O. The Labute approximate surface area is 87.7 Å². The lowest BCUT2D eigenvalue weighted by molar-refractivity contribution is -0.118. The Morgan fingerprint density at radius 1 is 1.53 bits per heavy atom. The summed E-state index contributed by atoms with van der Waals surface area (Å²) in [7, 11) is 1.74. The zero-order valence-corrected chi connectivity index (χ0v) is 8.53. The lowest BCUT2D eigenvalue weighted by Gasteiger charge is -2.14. The summed E-state index contributed by atoms with van der Waals surface area (Å²) < 4.78 is 13.1. The number of hydrogen-bond acceptors (Lipinski definition) is 3. The monoisotopic (exact) mass is 211 g/mol. The highest BCUT2D eigenvalue weighted by Gasteiger charge is 2.05. The molecule has 0 aliphatic heterocycles. The Balaban J connectivity index is 2.64. The van der Waals surface area contributed by atoms with E-state index in [1.807, 2.05) is 0 Å². The maximum absolute atomic E-state index is 13.1. The summed E-state index contributed by atoms with van der Waals surface area (Å²) in [5.74, 6) is -0.853. The standard InChI is InChI=1S/C10H14FN3O/c1-14(6-10(13)15)5-7-2-3-9(12)8(11)4-7/h2-4H,5-6,12H2,1H3,(H2,13,15). The molecule has 0 saturated carbocycles. The van der Waals surface area contributed by atoms with Crippen molar-refractivity contribution in [1.29, 1.82) is 0 Å². The molecule has 0 radical (unpaired) electrons. The van der Waals surface area contributed by atoms with Gasteiger partial charge < -0.3 is 11.5 Å². The van der Waals surface area contributed by atoms with Gasteiger partial charge in [0, 0.05) is 6.54 Å². The first kappa shape index (κ1) is 11.5. The molecular weight excluding hydrogens is 197 g/mol. The van der Waals surface area contributed by atoms with Crippen molar-refractivity contribution in [2.45, 2.75) is 6.54 Å². The Morgan fingerprint density at radius 2 is 2.20 bits per heavy atom. The van der Waals surface area contributed by atoms with Gasteiger partial charge in [-0.2, -0.15) is 0 Å². The number of primary amides is 1. The van der Waals surface area contributed by atoms with Crippen molar-refractivity contribution in [3.8, 4) is 0 Å². The predicted octanol–water partition coefficient (Wildman–Crippen LogP) is 0.325. The molecule has 0 aliphatic rings. The highest BCUT2D eigenvalue weighted by Crippen LogP contribution is 2.12. The van der Waals surface area contributed by atoms with Crippen LogP contribution in [0.5, 0.6) is 0 Å². The normalized spacial score (nSPS) is 10.6. The molecule has 1 amide bonds. The summed E-state index contributed by atoms with van der Waals surface area (Å²) in [6.07, 6.45) is 0. The van der Waals surface area contributed by atoms with Crippen LogP contribution in [0.15, 0.2) is 18.2 Å². The number of nitrogens with zero attached hydrogens (tertiary/aromatic N) is 1. The Kier molecular flexibility index (Phi) is 3.62. The van der Waals surface area contributed by atoms with E-state index >= 15 is 0 Å². The van der Waals surface area contributed by atoms with Crippen LogP contribution in [-0.4, -0.2) is 24.4 Å². The van der Waals surface area contributed by atoms with Gasteiger partial charge in [0.05, 0.1) is 12.2 Å². The molecule has 0 heterocycles. The summed E-state index contributed by atoms with van der Waals surface area (Å²) in [6.45, 7) is 0.603. The van der Waals surface area contributed by atoms with Crippen molar-refractivity contribution in [1.82, 2.24) is 4.90 Å². The molecule has 82 valence electrons. The van der Waals surface area contributed by atoms with Crippen LogP contribution in [0, 0.1) is 5.82 Å². The van der Waals surface area contributed by atoms with Crippen LogP contribution in [0.1, 0.15) is 5.56 Å². The fraction of sp³-hybridized carbons (Fsp3) is 0.300. The number of nitrogens with two attached hydrogens (primary N) is 2. The van der Waals surface area contributed by atoms with Gasteiger partial charge >= 0.3 is 0 Å². The van der Waals surface area contributed by atoms with Crippen LogP contribution < -0.4 is 11.5 Å². The highest BCUT2D eigenvalue weighted by molar-refractivity contribution is 5.75. The summed E-state index contributed by atoms with van der Waals surface area (Å²) in [5, 5.41) is 0. The SMILES string of the molecule is CN(CC(N)=O)Cc1ccc(N)c(F)c1. The molecule has 0 aliphatic carbocycles. The molecule has 1 rings (SSSR count). The van der Waals surface area contributed by atoms with Crippen molar-refractivity contribution in [3.05, 3.63) is 29.6 Å². The average Bonchev–Trinajstić information content (AvgIpc) is 2.10. The Hall–Kier alpha value is -1.62. The van der Waals surface area contributed by atoms with Crippen molar-refractivity contribution < 1.29 is 9.18 Å². The fourth-order valence-electron chi connectivity index (χ4n) is 1.30. The van der Waals surface area contributed by atoms with E-state index in [-0.39, 0.29) is 12.2 Å². The summed E-state index contributed by atoms with van der Waals surface area (Å²) in [6, 6.07) is 4.57. The molecule has 0 aromatic heterocycles. The number of rotatable bonds is 4. The van der Waals surface area contributed by atoms with E-state index in [9.17, 15) is 9.18 Å². The largest absolute Gasteiger partial charge is 0.396 e. The zero-order chi connectivity index (χ0) is 11.4. The first-order chi connectivity index (χ1) is 6.99. The van der Waals surface area contributed by atoms with E-state index in [2.05, 4.69) is 0 Å². The number of carbonyl (C=O) groups is 1. The number of benzene rings is 1. The third-order valence-corrected chi connectivity index (χ3v) is 1.94. The van der Waals surface area contributed by atoms with E-state index in [0.717, 1.165) is 5.56 Å². The van der Waals surface area contributed by atoms with Gasteiger partial charge in [-0.05, 0) is 24.7 Å². The third kappa shape index (κ3) is 3.55. The van der Waals surface area contributed by atoms with Gasteiger partial charge in [-0.1, -0.05) is 6.07 Å². The number of anilines is 1. The van der Waals surface area contributed by atoms with E-state index in [1.54, 1.807) is 18.0 Å². The smallest absolute Gasteiger partial charge is 0.231 e. The van der Waals surface area contributed by atoms with Crippen molar-refractivity contribution >= 4 is 11.6 Å². The van der Waals surface area contributed by atoms with Gasteiger partial charge in [-0.15, -0.1) is 0 Å². The van der Waals surface area contributed by atoms with Crippen LogP contribution in [0.3, 0.4) is 0 Å². The summed E-state index contributed by atoms with van der Waals surface area (Å²) >= 11 is 0. The predicted molar refractivity (Wildman–Crippen MR) is 56.3 cm³/mol. The maximum atomic E-state index is 13.1. The minimum atomic E-state index is -0.444. The van der Waals surface area contributed by atoms with Crippen LogP contribution in [0.25, 0.3) is 0 Å². The lowest BCUT2D eigenvalue weighted by atomic mass is 10.2. The Bertz CT molecular complexity index is 368. The topological polar surface area (TPSA) is 72.3 Å². The van der Waals surface area contributed by atoms with Crippen LogP contribution >= 0.6 is 0 Å². The molecule has 4 nitrogen and oxygen atoms in total. The van der Waals surface area contributed by atoms with Gasteiger partial charge in [0.15, 0.2) is 0 Å². The second-order valence-corrected chi connectivity index (χ2v) is 3.49. The van der Waals surface area contributed by atoms with Crippen molar-refractivity contribution in [3.63, 3.8) is 0 Å². The number of likely N-dealkylation sites (N-methyl/N-ethyl adjacent to an activating group) is 1. The first-order valence-electron chi connectivity index (χ1n) is 4.50. The molecule has 5 heteroatoms. The van der Waals surface area contributed by atoms with E-state index in [4.69, 9.17) is 11.5 Å². The molecule has 0 bridgehead atoms. The first-order valence-corrected chi connectivity index (χ1v) is 4.50. The molecule has 0 spiro atoms. The van der Waals surface area contributed by atoms with Gasteiger partial charge in [0.25, 0.3) is 0 Å². The van der Waals surface area contributed by atoms with E-state index < -0.39 is 11.7 Å². The minimum Gasteiger partial charge on any atom is -0.396 e. The van der Waals surface area contributed by atoms with Gasteiger partial charge in [-0.25, -0.2) is 4.39 Å².